The number of nitrogens with one attached hydrogen (secondary N) is 1. The number of fused-ring (bicyclic) bond motifs is 1. The summed E-state index contributed by atoms with van der Waals surface area (Å²) in [6, 6.07) is 8.56. The molecule has 0 aliphatic carbocycles. The number of ether oxygens (including phenoxy) is 2. The number of benzene rings is 1. The van der Waals surface area contributed by atoms with E-state index in [2.05, 4.69) is 57.5 Å². The molecule has 5 rings (SSSR count). The zero-order valence-electron chi connectivity index (χ0n) is 22.0. The van der Waals surface area contributed by atoms with E-state index in [0.717, 1.165) is 62.0 Å². The number of rotatable bonds is 9. The maximum atomic E-state index is 6.50. The fraction of sp³-hybridized carbons (Fsp3) is 0.567. The molecule has 1 N–H and O–H groups in total. The summed E-state index contributed by atoms with van der Waals surface area (Å²) in [5.41, 5.74) is 4.92. The lowest BCUT2D eigenvalue weighted by atomic mass is 9.92. The van der Waals surface area contributed by atoms with E-state index >= 15 is 0 Å². The van der Waals surface area contributed by atoms with Crippen LogP contribution < -0.4 is 14.8 Å². The third-order valence-corrected chi connectivity index (χ3v) is 7.96. The molecule has 3 aliphatic heterocycles. The lowest BCUT2D eigenvalue weighted by molar-refractivity contribution is 0.0852. The van der Waals surface area contributed by atoms with Crippen LogP contribution in [0.25, 0.3) is 5.57 Å². The van der Waals surface area contributed by atoms with Gasteiger partial charge in [0.25, 0.3) is 0 Å². The minimum absolute atomic E-state index is 0.249. The Kier molecular flexibility index (Phi) is 8.44. The summed E-state index contributed by atoms with van der Waals surface area (Å²) in [6.45, 7) is 10.1. The predicted molar refractivity (Wildman–Crippen MR) is 145 cm³/mol. The highest BCUT2D eigenvalue weighted by atomic mass is 16.5. The molecule has 0 amide bonds. The van der Waals surface area contributed by atoms with Gasteiger partial charge in [-0.25, -0.2) is 0 Å². The van der Waals surface area contributed by atoms with Gasteiger partial charge in [-0.05, 0) is 86.0 Å². The molecule has 0 unspecified atom stereocenters. The largest absolute Gasteiger partial charge is 0.493 e. The topological polar surface area (TPSA) is 49.9 Å². The third-order valence-electron chi connectivity index (χ3n) is 7.96. The van der Waals surface area contributed by atoms with Gasteiger partial charge in [0, 0.05) is 56.9 Å². The Bertz CT molecular complexity index is 1030. The molecule has 0 atom stereocenters. The van der Waals surface area contributed by atoms with E-state index in [1.807, 2.05) is 12.4 Å². The smallest absolute Gasteiger partial charge is 0.161 e. The van der Waals surface area contributed by atoms with Gasteiger partial charge >= 0.3 is 0 Å². The molecule has 0 radical (unpaired) electrons. The highest BCUT2D eigenvalue weighted by Crippen LogP contribution is 2.37. The maximum Gasteiger partial charge on any atom is 0.161 e. The van der Waals surface area contributed by atoms with E-state index in [-0.39, 0.29) is 6.10 Å². The Morgan fingerprint density at radius 3 is 2.67 bits per heavy atom. The molecule has 4 heterocycles. The van der Waals surface area contributed by atoms with E-state index in [9.17, 15) is 0 Å². The molecule has 0 bridgehead atoms. The number of aromatic nitrogens is 1. The first-order valence-electron chi connectivity index (χ1n) is 13.9. The Morgan fingerprint density at radius 2 is 1.89 bits per heavy atom. The van der Waals surface area contributed by atoms with Crippen molar-refractivity contribution >= 4 is 5.57 Å². The zero-order valence-corrected chi connectivity index (χ0v) is 22.0. The monoisotopic (exact) mass is 490 g/mol. The summed E-state index contributed by atoms with van der Waals surface area (Å²) in [6.07, 6.45) is 13.6. The zero-order chi connectivity index (χ0) is 24.7. The van der Waals surface area contributed by atoms with Crippen molar-refractivity contribution in [1.82, 2.24) is 20.1 Å². The molecule has 0 saturated carbocycles. The normalized spacial score (nSPS) is 19.6. The minimum Gasteiger partial charge on any atom is -0.493 e. The molecule has 194 valence electrons. The molecule has 6 heteroatoms. The second-order valence-corrected chi connectivity index (χ2v) is 10.6. The van der Waals surface area contributed by atoms with Crippen LogP contribution in [0, 0.1) is 5.92 Å². The molecule has 1 aromatic carbocycles. The summed E-state index contributed by atoms with van der Waals surface area (Å²) >= 11 is 0. The highest BCUT2D eigenvalue weighted by molar-refractivity contribution is 5.83. The van der Waals surface area contributed by atoms with Gasteiger partial charge in [-0.1, -0.05) is 19.4 Å². The second kappa shape index (κ2) is 12.1. The molecular weight excluding hydrogens is 448 g/mol. The average molecular weight is 491 g/mol. The molecule has 2 saturated heterocycles. The van der Waals surface area contributed by atoms with Gasteiger partial charge in [-0.2, -0.15) is 0 Å². The Hall–Kier alpha value is -2.57. The lowest BCUT2D eigenvalue weighted by Gasteiger charge is -2.35. The van der Waals surface area contributed by atoms with Crippen molar-refractivity contribution in [2.45, 2.75) is 58.1 Å². The van der Waals surface area contributed by atoms with E-state index in [1.165, 1.54) is 62.0 Å². The predicted octanol–water partition coefficient (Wildman–Crippen LogP) is 4.94. The first-order valence-corrected chi connectivity index (χ1v) is 13.9. The standard InChI is InChI=1S/C30H42N4O2/c1-3-4-15-34-21-25-19-32-14-9-27(25)28(22-34)24-5-6-29(30(18-24)35-2)36-26-10-16-33(17-11-26)20-23-7-12-31-13-8-23/h5-6,9,14,18-19,22-23,26,31H,3-4,7-8,10-13,15-17,20-21H2,1-2H3. The Balaban J connectivity index is 1.26. The number of nitrogens with zero attached hydrogens (tertiary/aromatic N) is 3. The van der Waals surface area contributed by atoms with Gasteiger partial charge in [0.2, 0.25) is 0 Å². The van der Waals surface area contributed by atoms with Crippen LogP contribution in [0.4, 0.5) is 0 Å². The van der Waals surface area contributed by atoms with Crippen LogP contribution in [-0.4, -0.2) is 67.3 Å². The van der Waals surface area contributed by atoms with Crippen LogP contribution in [0.3, 0.4) is 0 Å². The summed E-state index contributed by atoms with van der Waals surface area (Å²) in [4.78, 5) is 9.44. The molecular formula is C30H42N4O2. The van der Waals surface area contributed by atoms with Gasteiger partial charge in [-0.15, -0.1) is 0 Å². The lowest BCUT2D eigenvalue weighted by Crippen LogP contribution is -2.42. The van der Waals surface area contributed by atoms with E-state index in [1.54, 1.807) is 7.11 Å². The number of unbranched alkanes of at least 4 members (excludes halogenated alkanes) is 1. The van der Waals surface area contributed by atoms with Crippen molar-refractivity contribution < 1.29 is 9.47 Å². The van der Waals surface area contributed by atoms with E-state index < -0.39 is 0 Å². The second-order valence-electron chi connectivity index (χ2n) is 10.6. The van der Waals surface area contributed by atoms with Crippen molar-refractivity contribution in [3.8, 4) is 11.5 Å². The van der Waals surface area contributed by atoms with Crippen LogP contribution in [0.5, 0.6) is 11.5 Å². The van der Waals surface area contributed by atoms with Crippen molar-refractivity contribution in [3.63, 3.8) is 0 Å². The molecule has 0 spiro atoms. The molecule has 1 aromatic heterocycles. The van der Waals surface area contributed by atoms with Crippen LogP contribution in [0.1, 0.15) is 62.1 Å². The molecule has 3 aliphatic rings. The van der Waals surface area contributed by atoms with Gasteiger partial charge in [0.05, 0.1) is 7.11 Å². The Labute approximate surface area is 216 Å². The third kappa shape index (κ3) is 6.04. The molecule has 6 nitrogen and oxygen atoms in total. The minimum atomic E-state index is 0.249. The number of likely N-dealkylation sites (tertiary alicyclic amines) is 1. The number of pyridine rings is 1. The fourth-order valence-corrected chi connectivity index (χ4v) is 5.82. The fourth-order valence-electron chi connectivity index (χ4n) is 5.82. The van der Waals surface area contributed by atoms with Gasteiger partial charge < -0.3 is 24.6 Å². The van der Waals surface area contributed by atoms with Crippen LogP contribution in [-0.2, 0) is 6.54 Å². The van der Waals surface area contributed by atoms with Crippen molar-refractivity contribution in [2.75, 3.05) is 46.4 Å². The quantitative estimate of drug-likeness (QED) is 0.538. The van der Waals surface area contributed by atoms with Crippen LogP contribution >= 0.6 is 0 Å². The molecule has 36 heavy (non-hydrogen) atoms. The summed E-state index contributed by atoms with van der Waals surface area (Å²) in [7, 11) is 1.74. The number of methoxy groups -OCH3 is 1. The molecule has 2 aromatic rings. The highest BCUT2D eigenvalue weighted by Gasteiger charge is 2.25. The van der Waals surface area contributed by atoms with Crippen molar-refractivity contribution in [3.05, 3.63) is 59.5 Å². The van der Waals surface area contributed by atoms with Crippen LogP contribution in [0.15, 0.2) is 42.9 Å². The van der Waals surface area contributed by atoms with Crippen molar-refractivity contribution in [2.24, 2.45) is 5.92 Å². The average Bonchev–Trinajstić information content (AvgIpc) is 2.93. The van der Waals surface area contributed by atoms with E-state index in [4.69, 9.17) is 9.47 Å². The van der Waals surface area contributed by atoms with Crippen molar-refractivity contribution in [1.29, 1.82) is 0 Å². The summed E-state index contributed by atoms with van der Waals surface area (Å²) < 4.78 is 12.3. The van der Waals surface area contributed by atoms with E-state index in [0.29, 0.717) is 0 Å². The number of hydrogen-bond acceptors (Lipinski definition) is 6. The maximum absolute atomic E-state index is 6.50. The van der Waals surface area contributed by atoms with Gasteiger partial charge in [0.15, 0.2) is 11.5 Å². The summed E-state index contributed by atoms with van der Waals surface area (Å²) in [5, 5.41) is 3.48. The first kappa shape index (κ1) is 25.1. The molecule has 2 fully saturated rings. The SMILES string of the molecule is CCCCN1C=C(c2ccc(OC3CCN(CC4CCNCC4)CC3)c(OC)c2)c2ccncc2C1. The Morgan fingerprint density at radius 1 is 1.06 bits per heavy atom. The van der Waals surface area contributed by atoms with Crippen LogP contribution in [0.2, 0.25) is 0 Å². The summed E-state index contributed by atoms with van der Waals surface area (Å²) in [5.74, 6) is 2.52. The first-order chi connectivity index (χ1) is 17.7. The van der Waals surface area contributed by atoms with Gasteiger partial charge in [-0.3, -0.25) is 4.98 Å². The van der Waals surface area contributed by atoms with Gasteiger partial charge in [0.1, 0.15) is 6.10 Å². The number of piperidine rings is 2. The number of hydrogen-bond donors (Lipinski definition) is 1.